The first-order chi connectivity index (χ1) is 14.7. The van der Waals surface area contributed by atoms with Crippen LogP contribution >= 0.6 is 0 Å². The third-order valence-corrected chi connectivity index (χ3v) is 6.29. The summed E-state index contributed by atoms with van der Waals surface area (Å²) >= 11 is 0. The van der Waals surface area contributed by atoms with Crippen LogP contribution in [0.1, 0.15) is 107 Å². The van der Waals surface area contributed by atoms with Crippen molar-refractivity contribution in [2.24, 2.45) is 5.92 Å². The van der Waals surface area contributed by atoms with Crippen LogP contribution in [-0.2, 0) is 24.1 Å². The Morgan fingerprint density at radius 2 is 1.61 bits per heavy atom. The van der Waals surface area contributed by atoms with E-state index in [1.165, 1.54) is 22.4 Å². The standard InChI is InChI=1S/C25H40N4O2/c1-14(2)23-17(7)28-30-21(23)11-9-10-19-25(16(5)6)20(27-26-19)12-13-22-24(15(3)4)18(8)29-31-22/h14-17,28H,9-13H2,1-8H3,(H,26,27). The van der Waals surface area contributed by atoms with Crippen molar-refractivity contribution in [3.63, 3.8) is 0 Å². The van der Waals surface area contributed by atoms with Crippen molar-refractivity contribution in [3.8, 4) is 0 Å². The van der Waals surface area contributed by atoms with E-state index in [-0.39, 0.29) is 0 Å². The van der Waals surface area contributed by atoms with Crippen LogP contribution in [0.4, 0.5) is 0 Å². The minimum Gasteiger partial charge on any atom is -0.413 e. The van der Waals surface area contributed by atoms with Crippen LogP contribution in [0.5, 0.6) is 0 Å². The van der Waals surface area contributed by atoms with Crippen molar-refractivity contribution in [3.05, 3.63) is 45.3 Å². The Bertz CT molecular complexity index is 905. The molecule has 0 aliphatic carbocycles. The maximum Gasteiger partial charge on any atom is 0.140 e. The lowest BCUT2D eigenvalue weighted by atomic mass is 9.93. The molecule has 0 saturated carbocycles. The summed E-state index contributed by atoms with van der Waals surface area (Å²) in [6, 6.07) is 0.301. The number of aromatic nitrogens is 3. The molecule has 1 aliphatic heterocycles. The molecule has 3 rings (SSSR count). The highest BCUT2D eigenvalue weighted by atomic mass is 16.7. The van der Waals surface area contributed by atoms with Gasteiger partial charge in [-0.1, -0.05) is 46.7 Å². The smallest absolute Gasteiger partial charge is 0.140 e. The Hall–Kier alpha value is -2.08. The number of H-pyrrole nitrogens is 1. The van der Waals surface area contributed by atoms with E-state index in [0.717, 1.165) is 55.0 Å². The average molecular weight is 429 g/mol. The molecule has 1 aliphatic rings. The molecule has 1 unspecified atom stereocenters. The average Bonchev–Trinajstić information content (AvgIpc) is 3.36. The Morgan fingerprint density at radius 1 is 0.903 bits per heavy atom. The molecule has 0 amide bonds. The van der Waals surface area contributed by atoms with E-state index in [0.29, 0.717) is 23.8 Å². The van der Waals surface area contributed by atoms with Crippen molar-refractivity contribution >= 4 is 0 Å². The highest BCUT2D eigenvalue weighted by Gasteiger charge is 2.26. The molecule has 6 nitrogen and oxygen atoms in total. The molecule has 1 atom stereocenters. The van der Waals surface area contributed by atoms with E-state index in [1.54, 1.807) is 0 Å². The van der Waals surface area contributed by atoms with Gasteiger partial charge in [0.1, 0.15) is 11.5 Å². The maximum absolute atomic E-state index is 5.77. The quantitative estimate of drug-likeness (QED) is 0.493. The lowest BCUT2D eigenvalue weighted by Crippen LogP contribution is -2.21. The molecule has 31 heavy (non-hydrogen) atoms. The van der Waals surface area contributed by atoms with Crippen LogP contribution in [0.3, 0.4) is 0 Å². The van der Waals surface area contributed by atoms with Crippen molar-refractivity contribution in [2.45, 2.75) is 105 Å². The predicted octanol–water partition coefficient (Wildman–Crippen LogP) is 5.89. The highest BCUT2D eigenvalue weighted by Crippen LogP contribution is 2.30. The monoisotopic (exact) mass is 428 g/mol. The van der Waals surface area contributed by atoms with Gasteiger partial charge in [-0.05, 0) is 62.0 Å². The van der Waals surface area contributed by atoms with Gasteiger partial charge in [-0.25, -0.2) is 0 Å². The highest BCUT2D eigenvalue weighted by molar-refractivity contribution is 5.31. The number of aryl methyl sites for hydroxylation is 4. The molecule has 0 bridgehead atoms. The van der Waals surface area contributed by atoms with Gasteiger partial charge in [0.05, 0.1) is 17.4 Å². The summed E-state index contributed by atoms with van der Waals surface area (Å²) in [6.07, 6.45) is 4.67. The van der Waals surface area contributed by atoms with Gasteiger partial charge < -0.3 is 9.36 Å². The molecule has 0 radical (unpaired) electrons. The van der Waals surface area contributed by atoms with Crippen molar-refractivity contribution < 1.29 is 9.36 Å². The second kappa shape index (κ2) is 10.0. The first kappa shape index (κ1) is 23.6. The Balaban J connectivity index is 1.67. The molecular formula is C25H40N4O2. The van der Waals surface area contributed by atoms with E-state index in [2.05, 4.69) is 64.2 Å². The van der Waals surface area contributed by atoms with Crippen LogP contribution < -0.4 is 5.48 Å². The zero-order chi connectivity index (χ0) is 22.7. The van der Waals surface area contributed by atoms with E-state index < -0.39 is 0 Å². The fraction of sp³-hybridized carbons (Fsp3) is 0.680. The summed E-state index contributed by atoms with van der Waals surface area (Å²) < 4.78 is 5.63. The molecule has 0 aromatic carbocycles. The summed E-state index contributed by atoms with van der Waals surface area (Å²) in [6.45, 7) is 17.6. The van der Waals surface area contributed by atoms with Crippen LogP contribution in [-0.4, -0.2) is 21.4 Å². The number of aromatic amines is 1. The second-order valence-electron chi connectivity index (χ2n) is 9.81. The van der Waals surface area contributed by atoms with Gasteiger partial charge >= 0.3 is 0 Å². The van der Waals surface area contributed by atoms with Gasteiger partial charge in [0.25, 0.3) is 0 Å². The van der Waals surface area contributed by atoms with Gasteiger partial charge in [0, 0.05) is 24.1 Å². The molecule has 172 valence electrons. The van der Waals surface area contributed by atoms with Crippen LogP contribution in [0.2, 0.25) is 0 Å². The molecule has 2 N–H and O–H groups in total. The predicted molar refractivity (Wildman–Crippen MR) is 124 cm³/mol. The molecule has 0 saturated heterocycles. The number of rotatable bonds is 10. The Morgan fingerprint density at radius 3 is 2.26 bits per heavy atom. The molecule has 6 heteroatoms. The van der Waals surface area contributed by atoms with Gasteiger partial charge in [0.2, 0.25) is 0 Å². The third kappa shape index (κ3) is 5.22. The summed E-state index contributed by atoms with van der Waals surface area (Å²) in [5, 5.41) is 12.2. The lowest BCUT2D eigenvalue weighted by Gasteiger charge is -2.12. The van der Waals surface area contributed by atoms with E-state index in [1.807, 2.05) is 6.92 Å². The zero-order valence-corrected chi connectivity index (χ0v) is 20.6. The summed E-state index contributed by atoms with van der Waals surface area (Å²) in [5.41, 5.74) is 10.5. The number of nitrogens with zero attached hydrogens (tertiary/aromatic N) is 2. The van der Waals surface area contributed by atoms with E-state index in [9.17, 15) is 0 Å². The van der Waals surface area contributed by atoms with Gasteiger partial charge in [-0.3, -0.25) is 5.10 Å². The number of hydrogen-bond acceptors (Lipinski definition) is 5. The number of nitrogens with one attached hydrogen (secondary N) is 2. The molecule has 0 spiro atoms. The summed E-state index contributed by atoms with van der Waals surface area (Å²) in [4.78, 5) is 5.77. The summed E-state index contributed by atoms with van der Waals surface area (Å²) in [5.74, 6) is 3.47. The Labute approximate surface area is 187 Å². The second-order valence-corrected chi connectivity index (χ2v) is 9.81. The summed E-state index contributed by atoms with van der Waals surface area (Å²) in [7, 11) is 0. The van der Waals surface area contributed by atoms with Gasteiger partial charge in [-0.2, -0.15) is 10.6 Å². The number of hydrogen-bond donors (Lipinski definition) is 2. The van der Waals surface area contributed by atoms with E-state index >= 15 is 0 Å². The van der Waals surface area contributed by atoms with Crippen LogP contribution in [0.25, 0.3) is 0 Å². The SMILES string of the molecule is Cc1noc(CCc2n[nH]c(CCCC3=C(C(C)C)C(C)NO3)c2C(C)C)c1C(C)C. The zero-order valence-electron chi connectivity index (χ0n) is 20.6. The van der Waals surface area contributed by atoms with Gasteiger partial charge in [0.15, 0.2) is 0 Å². The van der Waals surface area contributed by atoms with Gasteiger partial charge in [-0.15, -0.1) is 0 Å². The first-order valence-electron chi connectivity index (χ1n) is 11.9. The third-order valence-electron chi connectivity index (χ3n) is 6.29. The minimum absolute atomic E-state index is 0.301. The Kier molecular flexibility index (Phi) is 7.63. The molecular weight excluding hydrogens is 388 g/mol. The van der Waals surface area contributed by atoms with Crippen LogP contribution in [0, 0.1) is 12.8 Å². The fourth-order valence-electron chi connectivity index (χ4n) is 5.03. The topological polar surface area (TPSA) is 76.0 Å². The molecule has 3 heterocycles. The lowest BCUT2D eigenvalue weighted by molar-refractivity contribution is 0.113. The maximum atomic E-state index is 5.77. The molecule has 2 aromatic heterocycles. The number of allylic oxidation sites excluding steroid dienone is 1. The fourth-order valence-corrected chi connectivity index (χ4v) is 5.03. The van der Waals surface area contributed by atoms with Crippen molar-refractivity contribution in [2.75, 3.05) is 0 Å². The van der Waals surface area contributed by atoms with Crippen molar-refractivity contribution in [1.29, 1.82) is 0 Å². The number of hydroxylamine groups is 1. The normalized spacial score (nSPS) is 16.9. The molecule has 2 aromatic rings. The van der Waals surface area contributed by atoms with E-state index in [4.69, 9.17) is 14.5 Å². The minimum atomic E-state index is 0.301. The van der Waals surface area contributed by atoms with Crippen molar-refractivity contribution in [1.82, 2.24) is 20.8 Å². The van der Waals surface area contributed by atoms with Crippen LogP contribution in [0.15, 0.2) is 15.9 Å². The molecule has 0 fully saturated rings. The largest absolute Gasteiger partial charge is 0.413 e. The first-order valence-corrected chi connectivity index (χ1v) is 11.9.